The molecule has 6 heteroatoms. The van der Waals surface area contributed by atoms with Crippen molar-refractivity contribution >= 4 is 12.0 Å². The third-order valence-corrected chi connectivity index (χ3v) is 2.66. The molecule has 0 aromatic rings. The van der Waals surface area contributed by atoms with Crippen LogP contribution in [0.5, 0.6) is 0 Å². The molecule has 1 rings (SSSR count). The first-order valence-corrected chi connectivity index (χ1v) is 5.63. The minimum absolute atomic E-state index is 0.257. The number of carboxylic acid groups (broad SMARTS) is 1. The van der Waals surface area contributed by atoms with Gasteiger partial charge in [0.15, 0.2) is 0 Å². The van der Waals surface area contributed by atoms with Gasteiger partial charge < -0.3 is 14.9 Å². The number of hydrogen-bond acceptors (Lipinski definition) is 3. The standard InChI is InChI=1S/C11H17N3O3/c1-13(6-2-5-12)11(17)14(8-10(15)16)7-9-3-4-9/h9H,2-4,6-8H2,1H3,(H,15,16). The predicted octanol–water partition coefficient (Wildman–Crippen LogP) is 0.748. The Morgan fingerprint density at radius 2 is 2.12 bits per heavy atom. The van der Waals surface area contributed by atoms with E-state index >= 15 is 0 Å². The van der Waals surface area contributed by atoms with Crippen LogP contribution >= 0.6 is 0 Å². The van der Waals surface area contributed by atoms with E-state index in [0.717, 1.165) is 12.8 Å². The first-order chi connectivity index (χ1) is 8.04. The van der Waals surface area contributed by atoms with Gasteiger partial charge in [-0.15, -0.1) is 0 Å². The van der Waals surface area contributed by atoms with Crippen LogP contribution in [-0.4, -0.2) is 53.6 Å². The Morgan fingerprint density at radius 1 is 1.47 bits per heavy atom. The van der Waals surface area contributed by atoms with Gasteiger partial charge in [-0.05, 0) is 18.8 Å². The van der Waals surface area contributed by atoms with E-state index in [1.807, 2.05) is 6.07 Å². The molecule has 1 N–H and O–H groups in total. The molecule has 0 aromatic carbocycles. The van der Waals surface area contributed by atoms with Crippen molar-refractivity contribution in [3.05, 3.63) is 0 Å². The fourth-order valence-corrected chi connectivity index (χ4v) is 1.54. The summed E-state index contributed by atoms with van der Waals surface area (Å²) in [6.07, 6.45) is 2.38. The molecule has 1 fully saturated rings. The van der Waals surface area contributed by atoms with Crippen molar-refractivity contribution in [1.82, 2.24) is 9.80 Å². The molecule has 0 bridgehead atoms. The molecule has 6 nitrogen and oxygen atoms in total. The number of nitrogens with zero attached hydrogens (tertiary/aromatic N) is 3. The maximum atomic E-state index is 11.9. The second kappa shape index (κ2) is 6.09. The van der Waals surface area contributed by atoms with Gasteiger partial charge in [0, 0.05) is 20.1 Å². The summed E-state index contributed by atoms with van der Waals surface area (Å²) >= 11 is 0. The number of hydrogen-bond donors (Lipinski definition) is 1. The molecule has 0 aromatic heterocycles. The van der Waals surface area contributed by atoms with Crippen molar-refractivity contribution in [2.75, 3.05) is 26.7 Å². The summed E-state index contributed by atoms with van der Waals surface area (Å²) in [7, 11) is 1.58. The summed E-state index contributed by atoms with van der Waals surface area (Å²) in [5.74, 6) is -0.560. The zero-order valence-corrected chi connectivity index (χ0v) is 9.93. The summed E-state index contributed by atoms with van der Waals surface area (Å²) in [4.78, 5) is 25.4. The van der Waals surface area contributed by atoms with E-state index in [2.05, 4.69) is 0 Å². The largest absolute Gasteiger partial charge is 0.480 e. The van der Waals surface area contributed by atoms with Gasteiger partial charge in [0.2, 0.25) is 0 Å². The molecule has 0 radical (unpaired) electrons. The Labute approximate surface area is 100 Å². The molecule has 1 aliphatic carbocycles. The van der Waals surface area contributed by atoms with Gasteiger partial charge >= 0.3 is 12.0 Å². The SMILES string of the molecule is CN(CCC#N)C(=O)N(CC(=O)O)CC1CC1. The van der Waals surface area contributed by atoms with Gasteiger partial charge in [-0.3, -0.25) is 4.79 Å². The second-order valence-electron chi connectivity index (χ2n) is 4.33. The second-order valence-corrected chi connectivity index (χ2v) is 4.33. The Morgan fingerprint density at radius 3 is 2.59 bits per heavy atom. The summed E-state index contributed by atoms with van der Waals surface area (Å²) in [6.45, 7) is 0.560. The number of carboxylic acids is 1. The predicted molar refractivity (Wildman–Crippen MR) is 60.2 cm³/mol. The van der Waals surface area contributed by atoms with Gasteiger partial charge in [-0.1, -0.05) is 0 Å². The monoisotopic (exact) mass is 239 g/mol. The molecule has 2 amide bonds. The van der Waals surface area contributed by atoms with Crippen LogP contribution in [0.3, 0.4) is 0 Å². The van der Waals surface area contributed by atoms with E-state index < -0.39 is 5.97 Å². The highest BCUT2D eigenvalue weighted by Crippen LogP contribution is 2.29. The molecule has 0 heterocycles. The van der Waals surface area contributed by atoms with Crippen molar-refractivity contribution in [3.63, 3.8) is 0 Å². The first kappa shape index (κ1) is 13.3. The van der Waals surface area contributed by atoms with Gasteiger partial charge in [0.25, 0.3) is 0 Å². The van der Waals surface area contributed by atoms with Gasteiger partial charge in [0.1, 0.15) is 6.54 Å². The van der Waals surface area contributed by atoms with E-state index in [0.29, 0.717) is 19.0 Å². The van der Waals surface area contributed by atoms with E-state index in [1.165, 1.54) is 9.80 Å². The van der Waals surface area contributed by atoms with Crippen LogP contribution in [0.25, 0.3) is 0 Å². The van der Waals surface area contributed by atoms with Gasteiger partial charge in [-0.25, -0.2) is 4.79 Å². The Kier molecular flexibility index (Phi) is 4.76. The van der Waals surface area contributed by atoms with E-state index in [1.54, 1.807) is 7.05 Å². The average Bonchev–Trinajstić information content (AvgIpc) is 3.07. The van der Waals surface area contributed by atoms with Crippen molar-refractivity contribution in [2.45, 2.75) is 19.3 Å². The summed E-state index contributed by atoms with van der Waals surface area (Å²) < 4.78 is 0. The minimum atomic E-state index is -1.01. The minimum Gasteiger partial charge on any atom is -0.480 e. The molecular formula is C11H17N3O3. The molecular weight excluding hydrogens is 222 g/mol. The topological polar surface area (TPSA) is 84.6 Å². The quantitative estimate of drug-likeness (QED) is 0.741. The fourth-order valence-electron chi connectivity index (χ4n) is 1.54. The Bertz CT molecular complexity index is 333. The van der Waals surface area contributed by atoms with Gasteiger partial charge in [0.05, 0.1) is 12.5 Å². The molecule has 94 valence electrons. The maximum Gasteiger partial charge on any atom is 0.323 e. The van der Waals surface area contributed by atoms with Crippen LogP contribution in [0.15, 0.2) is 0 Å². The summed E-state index contributed by atoms with van der Waals surface area (Å²) in [5, 5.41) is 17.2. The summed E-state index contributed by atoms with van der Waals surface area (Å²) in [5.41, 5.74) is 0. The van der Waals surface area contributed by atoms with Crippen LogP contribution in [0, 0.1) is 17.2 Å². The molecule has 0 atom stereocenters. The third-order valence-electron chi connectivity index (χ3n) is 2.66. The zero-order valence-electron chi connectivity index (χ0n) is 9.93. The lowest BCUT2D eigenvalue weighted by Gasteiger charge is -2.26. The summed E-state index contributed by atoms with van der Waals surface area (Å²) in [6, 6.07) is 1.65. The molecule has 0 unspecified atom stereocenters. The van der Waals surface area contributed by atoms with E-state index in [4.69, 9.17) is 10.4 Å². The number of amides is 2. The normalized spacial score (nSPS) is 13.9. The highest BCUT2D eigenvalue weighted by Gasteiger charge is 2.29. The number of aliphatic carboxylic acids is 1. The maximum absolute atomic E-state index is 11.9. The Balaban J connectivity index is 2.51. The van der Waals surface area contributed by atoms with E-state index in [9.17, 15) is 9.59 Å². The molecule has 1 aliphatic rings. The van der Waals surface area contributed by atoms with Crippen molar-refractivity contribution in [1.29, 1.82) is 5.26 Å². The lowest BCUT2D eigenvalue weighted by Crippen LogP contribution is -2.44. The number of nitriles is 1. The zero-order chi connectivity index (χ0) is 12.8. The lowest BCUT2D eigenvalue weighted by molar-refractivity contribution is -0.137. The fraction of sp³-hybridized carbons (Fsp3) is 0.727. The van der Waals surface area contributed by atoms with Gasteiger partial charge in [-0.2, -0.15) is 5.26 Å². The molecule has 0 aliphatic heterocycles. The Hall–Kier alpha value is -1.77. The lowest BCUT2D eigenvalue weighted by atomic mass is 10.3. The van der Waals surface area contributed by atoms with Crippen LogP contribution in [0.1, 0.15) is 19.3 Å². The number of rotatable bonds is 6. The first-order valence-electron chi connectivity index (χ1n) is 5.63. The van der Waals surface area contributed by atoms with E-state index in [-0.39, 0.29) is 19.0 Å². The van der Waals surface area contributed by atoms with Crippen molar-refractivity contribution < 1.29 is 14.7 Å². The average molecular weight is 239 g/mol. The molecule has 0 saturated heterocycles. The number of carbonyl (C=O) groups is 2. The number of urea groups is 1. The molecule has 17 heavy (non-hydrogen) atoms. The van der Waals surface area contributed by atoms with Crippen LogP contribution in [-0.2, 0) is 4.79 Å². The van der Waals surface area contributed by atoms with Crippen LogP contribution in [0.4, 0.5) is 4.79 Å². The van der Waals surface area contributed by atoms with Crippen LogP contribution in [0.2, 0.25) is 0 Å². The highest BCUT2D eigenvalue weighted by atomic mass is 16.4. The van der Waals surface area contributed by atoms with Crippen LogP contribution < -0.4 is 0 Å². The smallest absolute Gasteiger partial charge is 0.323 e. The van der Waals surface area contributed by atoms with Crippen molar-refractivity contribution in [3.8, 4) is 6.07 Å². The number of carbonyl (C=O) groups excluding carboxylic acids is 1. The molecule has 0 spiro atoms. The van der Waals surface area contributed by atoms with Crippen molar-refractivity contribution in [2.24, 2.45) is 5.92 Å². The highest BCUT2D eigenvalue weighted by molar-refractivity contribution is 5.80. The third kappa shape index (κ3) is 4.72. The molecule has 1 saturated carbocycles.